The van der Waals surface area contributed by atoms with Crippen molar-refractivity contribution in [3.05, 3.63) is 11.8 Å². The number of hydrogen-bond donors (Lipinski definition) is 2. The van der Waals surface area contributed by atoms with E-state index in [2.05, 4.69) is 35.0 Å². The summed E-state index contributed by atoms with van der Waals surface area (Å²) in [6.07, 6.45) is 2.23. The third-order valence-corrected chi connectivity index (χ3v) is 4.05. The number of unbranched alkanes of at least 4 members (excludes halogenated alkanes) is 1. The Hall–Kier alpha value is -1.14. The lowest BCUT2D eigenvalue weighted by Gasteiger charge is -2.24. The number of nitrogen functional groups attached to an aromatic ring is 1. The van der Waals surface area contributed by atoms with Gasteiger partial charge in [-0.1, -0.05) is 13.3 Å². The second-order valence-electron chi connectivity index (χ2n) is 4.59. The third kappa shape index (κ3) is 5.14. The number of nitrogens with one attached hydrogen (secondary N) is 1. The number of anilines is 2. The Labute approximate surface area is 104 Å². The minimum atomic E-state index is -1.92. The van der Waals surface area contributed by atoms with Crippen molar-refractivity contribution in [1.82, 2.24) is 9.97 Å². The second-order valence-corrected chi connectivity index (χ2v) is 8.15. The van der Waals surface area contributed by atoms with Crippen molar-refractivity contribution in [2.24, 2.45) is 0 Å². The summed E-state index contributed by atoms with van der Waals surface area (Å²) in [6.45, 7) is 9.06. The fraction of sp³-hybridized carbons (Fsp3) is 0.636. The zero-order valence-corrected chi connectivity index (χ0v) is 12.1. The maximum Gasteiger partial charge on any atom is 0.292 e. The minimum absolute atomic E-state index is 0.297. The Balaban J connectivity index is 2.62. The van der Waals surface area contributed by atoms with Crippen LogP contribution in [0.1, 0.15) is 25.5 Å². The second kappa shape index (κ2) is 5.97. The van der Waals surface area contributed by atoms with Gasteiger partial charge in [-0.15, -0.1) is 0 Å². The number of nitrogens with two attached hydrogens (primary N) is 1. The molecule has 0 amide bonds. The summed E-state index contributed by atoms with van der Waals surface area (Å²) in [5, 5.41) is 0. The van der Waals surface area contributed by atoms with Crippen LogP contribution in [0.3, 0.4) is 0 Å². The Bertz CT molecular complexity index is 350. The van der Waals surface area contributed by atoms with Gasteiger partial charge in [0.2, 0.25) is 5.95 Å². The van der Waals surface area contributed by atoms with Crippen LogP contribution >= 0.6 is 0 Å². The molecule has 6 heteroatoms. The molecule has 0 aromatic carbocycles. The normalized spacial score (nSPS) is 11.5. The molecule has 1 aromatic heterocycles. The van der Waals surface area contributed by atoms with E-state index in [1.165, 1.54) is 0 Å². The molecule has 17 heavy (non-hydrogen) atoms. The van der Waals surface area contributed by atoms with Crippen LogP contribution in [0.4, 0.5) is 11.8 Å². The number of aryl methyl sites for hydroxylation is 1. The highest BCUT2D eigenvalue weighted by Crippen LogP contribution is 2.13. The first-order valence-corrected chi connectivity index (χ1v) is 8.87. The lowest BCUT2D eigenvalue weighted by molar-refractivity contribution is 0.303. The van der Waals surface area contributed by atoms with Crippen LogP contribution in [-0.2, 0) is 4.43 Å². The summed E-state index contributed by atoms with van der Waals surface area (Å²) in [4.78, 5) is 11.5. The number of aromatic nitrogens is 2. The molecule has 0 aliphatic heterocycles. The van der Waals surface area contributed by atoms with E-state index in [1.54, 1.807) is 0 Å². The van der Waals surface area contributed by atoms with E-state index < -0.39 is 8.48 Å². The summed E-state index contributed by atoms with van der Waals surface area (Å²) in [6, 6.07) is 1.88. The average molecular weight is 254 g/mol. The predicted octanol–water partition coefficient (Wildman–Crippen LogP) is 2.30. The average Bonchev–Trinajstić information content (AvgIpc) is 2.14. The van der Waals surface area contributed by atoms with Gasteiger partial charge in [0.15, 0.2) is 0 Å². The van der Waals surface area contributed by atoms with E-state index in [1.807, 2.05) is 13.0 Å². The summed E-state index contributed by atoms with van der Waals surface area (Å²) < 4.78 is 5.88. The van der Waals surface area contributed by atoms with Crippen LogP contribution in [0.25, 0.3) is 0 Å². The van der Waals surface area contributed by atoms with Gasteiger partial charge in [0, 0.05) is 18.4 Å². The highest BCUT2D eigenvalue weighted by Gasteiger charge is 2.23. The molecule has 0 radical (unpaired) electrons. The van der Waals surface area contributed by atoms with Crippen molar-refractivity contribution in [2.45, 2.75) is 39.8 Å². The van der Waals surface area contributed by atoms with Gasteiger partial charge in [-0.25, -0.2) is 4.98 Å². The van der Waals surface area contributed by atoms with E-state index in [0.717, 1.165) is 31.0 Å². The van der Waals surface area contributed by atoms with Crippen molar-refractivity contribution in [1.29, 1.82) is 0 Å². The van der Waals surface area contributed by atoms with Crippen LogP contribution in [0, 0.1) is 6.92 Å². The Kier molecular flexibility index (Phi) is 4.89. The smallest absolute Gasteiger partial charge is 0.292 e. The molecule has 0 bridgehead atoms. The van der Waals surface area contributed by atoms with Crippen LogP contribution in [0.15, 0.2) is 6.07 Å². The summed E-state index contributed by atoms with van der Waals surface area (Å²) in [5.41, 5.74) is 6.47. The standard InChI is InChI=1S/C11H22N4OSi/c1-5-6-7-16-17(3,4)15-10-8-9(2)13-11(12)14-10/h8H,5-7H2,1-4H3,(H3,12,13,14,15). The Morgan fingerprint density at radius 3 is 2.71 bits per heavy atom. The monoisotopic (exact) mass is 254 g/mol. The molecule has 5 nitrogen and oxygen atoms in total. The van der Waals surface area contributed by atoms with Gasteiger partial charge in [0.1, 0.15) is 5.82 Å². The fourth-order valence-electron chi connectivity index (χ4n) is 1.47. The highest BCUT2D eigenvalue weighted by atomic mass is 28.4. The van der Waals surface area contributed by atoms with Gasteiger partial charge in [-0.3, -0.25) is 0 Å². The van der Waals surface area contributed by atoms with Gasteiger partial charge in [0.05, 0.1) is 0 Å². The summed E-state index contributed by atoms with van der Waals surface area (Å²) in [5.74, 6) is 1.05. The largest absolute Gasteiger partial charge is 0.399 e. The first-order valence-electron chi connectivity index (χ1n) is 5.96. The van der Waals surface area contributed by atoms with E-state index in [4.69, 9.17) is 10.2 Å². The maximum absolute atomic E-state index is 5.88. The Morgan fingerprint density at radius 1 is 1.41 bits per heavy atom. The summed E-state index contributed by atoms with van der Waals surface area (Å²) in [7, 11) is -1.92. The molecule has 1 heterocycles. The molecule has 0 unspecified atom stereocenters. The van der Waals surface area contributed by atoms with Gasteiger partial charge in [-0.05, 0) is 26.4 Å². The topological polar surface area (TPSA) is 73.1 Å². The van der Waals surface area contributed by atoms with E-state index in [9.17, 15) is 0 Å². The molecular weight excluding hydrogens is 232 g/mol. The zero-order chi connectivity index (χ0) is 12.9. The zero-order valence-electron chi connectivity index (χ0n) is 11.1. The maximum atomic E-state index is 5.88. The molecule has 96 valence electrons. The van der Waals surface area contributed by atoms with Crippen LogP contribution < -0.4 is 10.7 Å². The molecule has 0 atom stereocenters. The van der Waals surface area contributed by atoms with Crippen molar-refractivity contribution in [2.75, 3.05) is 17.3 Å². The third-order valence-electron chi connectivity index (χ3n) is 2.26. The number of hydrogen-bond acceptors (Lipinski definition) is 5. The van der Waals surface area contributed by atoms with Crippen LogP contribution in [0.5, 0.6) is 0 Å². The predicted molar refractivity (Wildman–Crippen MR) is 73.1 cm³/mol. The van der Waals surface area contributed by atoms with E-state index in [0.29, 0.717) is 5.95 Å². The number of nitrogens with zero attached hydrogens (tertiary/aromatic N) is 2. The molecule has 0 fully saturated rings. The number of rotatable bonds is 6. The van der Waals surface area contributed by atoms with E-state index >= 15 is 0 Å². The van der Waals surface area contributed by atoms with Crippen LogP contribution in [0.2, 0.25) is 13.1 Å². The molecular formula is C11H22N4OSi. The summed E-state index contributed by atoms with van der Waals surface area (Å²) >= 11 is 0. The Morgan fingerprint density at radius 2 is 2.12 bits per heavy atom. The van der Waals surface area contributed by atoms with Crippen molar-refractivity contribution >= 4 is 20.2 Å². The first kappa shape index (κ1) is 13.9. The molecule has 0 aliphatic rings. The molecule has 1 rings (SSSR count). The van der Waals surface area contributed by atoms with Gasteiger partial charge in [0.25, 0.3) is 8.48 Å². The van der Waals surface area contributed by atoms with Crippen LogP contribution in [-0.4, -0.2) is 25.1 Å². The lowest BCUT2D eigenvalue weighted by Crippen LogP contribution is -2.41. The SMILES string of the molecule is CCCCO[Si](C)(C)Nc1cc(C)nc(N)n1. The first-order chi connectivity index (χ1) is 7.93. The molecule has 3 N–H and O–H groups in total. The molecule has 0 spiro atoms. The molecule has 0 saturated heterocycles. The van der Waals surface area contributed by atoms with Gasteiger partial charge >= 0.3 is 0 Å². The van der Waals surface area contributed by atoms with Gasteiger partial charge in [-0.2, -0.15) is 4.98 Å². The lowest BCUT2D eigenvalue weighted by atomic mass is 10.4. The minimum Gasteiger partial charge on any atom is -0.399 e. The quantitative estimate of drug-likeness (QED) is 0.602. The van der Waals surface area contributed by atoms with Gasteiger partial charge < -0.3 is 15.1 Å². The fourth-order valence-corrected chi connectivity index (χ4v) is 2.94. The van der Waals surface area contributed by atoms with Crippen molar-refractivity contribution in [3.63, 3.8) is 0 Å². The van der Waals surface area contributed by atoms with Crippen molar-refractivity contribution in [3.8, 4) is 0 Å². The molecule has 0 aliphatic carbocycles. The molecule has 1 aromatic rings. The van der Waals surface area contributed by atoms with Crippen molar-refractivity contribution < 1.29 is 4.43 Å². The van der Waals surface area contributed by atoms with E-state index in [-0.39, 0.29) is 0 Å². The molecule has 0 saturated carbocycles. The highest BCUT2D eigenvalue weighted by molar-refractivity contribution is 6.74.